The third-order valence-corrected chi connectivity index (χ3v) is 4.63. The first-order valence-corrected chi connectivity index (χ1v) is 8.20. The molecule has 0 saturated carbocycles. The third-order valence-electron chi connectivity index (χ3n) is 3.57. The van der Waals surface area contributed by atoms with Crippen molar-refractivity contribution in [3.63, 3.8) is 0 Å². The van der Waals surface area contributed by atoms with E-state index in [0.717, 1.165) is 27.7 Å². The molecule has 1 aliphatic heterocycles. The number of hydrazone groups is 1. The average molecular weight is 410 g/mol. The second-order valence-corrected chi connectivity index (χ2v) is 6.91. The second-order valence-electron chi connectivity index (χ2n) is 5.14. The molecule has 3 nitrogen and oxygen atoms in total. The molecule has 0 fully saturated rings. The third kappa shape index (κ3) is 2.99. The predicted octanol–water partition coefficient (Wildman–Crippen LogP) is 4.66. The van der Waals surface area contributed by atoms with Crippen molar-refractivity contribution in [1.29, 1.82) is 0 Å². The van der Waals surface area contributed by atoms with Crippen LogP contribution >= 0.6 is 31.9 Å². The van der Waals surface area contributed by atoms with E-state index in [1.807, 2.05) is 12.1 Å². The van der Waals surface area contributed by atoms with Gasteiger partial charge in [-0.2, -0.15) is 5.10 Å². The van der Waals surface area contributed by atoms with Gasteiger partial charge in [0.1, 0.15) is 5.75 Å². The van der Waals surface area contributed by atoms with Crippen LogP contribution in [0.5, 0.6) is 5.75 Å². The van der Waals surface area contributed by atoms with Crippen LogP contribution < -0.4 is 5.43 Å². The van der Waals surface area contributed by atoms with Gasteiger partial charge in [0, 0.05) is 16.5 Å². The topological polar surface area (TPSA) is 44.6 Å². The van der Waals surface area contributed by atoms with Crippen molar-refractivity contribution in [1.82, 2.24) is 5.43 Å². The number of phenolic OH excluding ortho intramolecular Hbond substituents is 1. The first-order valence-electron chi connectivity index (χ1n) is 6.61. The lowest BCUT2D eigenvalue weighted by Gasteiger charge is -2.14. The highest BCUT2D eigenvalue weighted by molar-refractivity contribution is 9.11. The van der Waals surface area contributed by atoms with Crippen molar-refractivity contribution in [2.24, 2.45) is 5.10 Å². The lowest BCUT2D eigenvalue weighted by Crippen LogP contribution is -2.10. The molecule has 2 N–H and O–H groups in total. The van der Waals surface area contributed by atoms with E-state index in [1.165, 1.54) is 5.56 Å². The second kappa shape index (κ2) is 5.81. The summed E-state index contributed by atoms with van der Waals surface area (Å²) < 4.78 is 1.60. The summed E-state index contributed by atoms with van der Waals surface area (Å²) in [4.78, 5) is 0. The van der Waals surface area contributed by atoms with Crippen LogP contribution in [-0.4, -0.2) is 10.8 Å². The lowest BCUT2D eigenvalue weighted by molar-refractivity contribution is 0.452. The zero-order valence-electron chi connectivity index (χ0n) is 11.4. The quantitative estimate of drug-likeness (QED) is 0.757. The monoisotopic (exact) mass is 408 g/mol. The molecular formula is C16H14Br2N2O. The first-order chi connectivity index (χ1) is 10.0. The molecule has 0 spiro atoms. The van der Waals surface area contributed by atoms with Crippen LogP contribution in [0.25, 0.3) is 0 Å². The van der Waals surface area contributed by atoms with Crippen molar-refractivity contribution < 1.29 is 5.11 Å². The summed E-state index contributed by atoms with van der Waals surface area (Å²) >= 11 is 6.82. The highest BCUT2D eigenvalue weighted by Gasteiger charge is 2.24. The summed E-state index contributed by atoms with van der Waals surface area (Å²) in [5.74, 6) is 0.260. The minimum absolute atomic E-state index is 0.0184. The molecular weight excluding hydrogens is 396 g/mol. The van der Waals surface area contributed by atoms with Crippen molar-refractivity contribution in [3.8, 4) is 5.75 Å². The van der Waals surface area contributed by atoms with Crippen LogP contribution in [0.15, 0.2) is 50.4 Å². The normalized spacial score (nSPS) is 17.5. The van der Waals surface area contributed by atoms with Crippen LogP contribution in [0.3, 0.4) is 0 Å². The Kier molecular flexibility index (Phi) is 4.04. The van der Waals surface area contributed by atoms with Crippen molar-refractivity contribution in [2.75, 3.05) is 0 Å². The van der Waals surface area contributed by atoms with Gasteiger partial charge in [-0.1, -0.05) is 45.8 Å². The number of phenols is 1. The van der Waals surface area contributed by atoms with Gasteiger partial charge in [0.15, 0.2) is 0 Å². The molecule has 1 heterocycles. The Labute approximate surface area is 140 Å². The van der Waals surface area contributed by atoms with E-state index in [0.29, 0.717) is 4.47 Å². The molecule has 3 rings (SSSR count). The fraction of sp³-hybridized carbons (Fsp3) is 0.188. The number of hydrogen-bond donors (Lipinski definition) is 2. The molecule has 0 bridgehead atoms. The largest absolute Gasteiger partial charge is 0.506 e. The Balaban J connectivity index is 1.85. The van der Waals surface area contributed by atoms with Crippen LogP contribution in [0.1, 0.15) is 29.2 Å². The van der Waals surface area contributed by atoms with Gasteiger partial charge >= 0.3 is 0 Å². The highest BCUT2D eigenvalue weighted by atomic mass is 79.9. The fourth-order valence-corrected chi connectivity index (χ4v) is 3.66. The predicted molar refractivity (Wildman–Crippen MR) is 91.7 cm³/mol. The van der Waals surface area contributed by atoms with E-state index < -0.39 is 0 Å². The molecule has 0 radical (unpaired) electrons. The van der Waals surface area contributed by atoms with Gasteiger partial charge in [0.25, 0.3) is 0 Å². The molecule has 0 aliphatic carbocycles. The maximum absolute atomic E-state index is 10.2. The average Bonchev–Trinajstić information content (AvgIpc) is 2.93. The Hall–Kier alpha value is -1.33. The van der Waals surface area contributed by atoms with Gasteiger partial charge in [-0.25, -0.2) is 0 Å². The van der Waals surface area contributed by atoms with Crippen LogP contribution in [0.4, 0.5) is 0 Å². The molecule has 0 unspecified atom stereocenters. The number of nitrogens with one attached hydrogen (secondary N) is 1. The number of aromatic hydroxyl groups is 1. The molecule has 5 heteroatoms. The van der Waals surface area contributed by atoms with Gasteiger partial charge in [0.2, 0.25) is 0 Å². The Bertz CT molecular complexity index is 711. The van der Waals surface area contributed by atoms with Gasteiger partial charge in [-0.15, -0.1) is 0 Å². The molecule has 21 heavy (non-hydrogen) atoms. The van der Waals surface area contributed by atoms with E-state index >= 15 is 0 Å². The fourth-order valence-electron chi connectivity index (χ4n) is 2.40. The van der Waals surface area contributed by atoms with Crippen molar-refractivity contribution >= 4 is 37.6 Å². The van der Waals surface area contributed by atoms with Crippen LogP contribution in [-0.2, 0) is 0 Å². The molecule has 108 valence electrons. The van der Waals surface area contributed by atoms with Crippen molar-refractivity contribution in [3.05, 3.63) is 62.0 Å². The van der Waals surface area contributed by atoms with Crippen LogP contribution in [0, 0.1) is 6.92 Å². The molecule has 2 aromatic carbocycles. The number of benzene rings is 2. The summed E-state index contributed by atoms with van der Waals surface area (Å²) in [5, 5.41) is 14.6. The Morgan fingerprint density at radius 3 is 2.62 bits per heavy atom. The smallest absolute Gasteiger partial charge is 0.135 e. The number of aryl methyl sites for hydroxylation is 1. The number of hydrogen-bond acceptors (Lipinski definition) is 3. The number of nitrogens with zero attached hydrogens (tertiary/aromatic N) is 1. The highest BCUT2D eigenvalue weighted by Crippen LogP contribution is 2.38. The van der Waals surface area contributed by atoms with E-state index in [4.69, 9.17) is 0 Å². The Morgan fingerprint density at radius 1 is 1.19 bits per heavy atom. The summed E-state index contributed by atoms with van der Waals surface area (Å²) in [5.41, 5.74) is 7.31. The summed E-state index contributed by atoms with van der Waals surface area (Å²) in [6, 6.07) is 12.1. The van der Waals surface area contributed by atoms with Crippen molar-refractivity contribution in [2.45, 2.75) is 19.4 Å². The van der Waals surface area contributed by atoms with Gasteiger partial charge in [-0.3, -0.25) is 0 Å². The van der Waals surface area contributed by atoms with E-state index in [-0.39, 0.29) is 11.8 Å². The minimum Gasteiger partial charge on any atom is -0.506 e. The van der Waals surface area contributed by atoms with Crippen LogP contribution in [0.2, 0.25) is 0 Å². The Morgan fingerprint density at radius 2 is 1.90 bits per heavy atom. The summed E-state index contributed by atoms with van der Waals surface area (Å²) in [6.07, 6.45) is 0.750. The van der Waals surface area contributed by atoms with Gasteiger partial charge in [0.05, 0.1) is 16.2 Å². The van der Waals surface area contributed by atoms with Gasteiger partial charge < -0.3 is 10.5 Å². The number of rotatable bonds is 2. The maximum Gasteiger partial charge on any atom is 0.135 e. The molecule has 0 aromatic heterocycles. The number of halogens is 2. The van der Waals surface area contributed by atoms with E-state index in [2.05, 4.69) is 73.6 Å². The molecule has 0 amide bonds. The maximum atomic E-state index is 10.2. The summed E-state index contributed by atoms with van der Waals surface area (Å²) in [7, 11) is 0. The van der Waals surface area contributed by atoms with E-state index in [1.54, 1.807) is 0 Å². The zero-order chi connectivity index (χ0) is 15.0. The van der Waals surface area contributed by atoms with E-state index in [9.17, 15) is 5.11 Å². The lowest BCUT2D eigenvalue weighted by atomic mass is 9.98. The SMILES string of the molecule is Cc1ccc(C2=NN[C@@H](c3cc(Br)cc(Br)c3O)C2)cc1. The molecule has 1 atom stereocenters. The molecule has 0 saturated heterocycles. The standard InChI is InChI=1S/C16H14Br2N2O/c1-9-2-4-10(5-3-9)14-8-15(20-19-14)12-6-11(17)7-13(18)16(12)21/h2-7,15,20-21H,8H2,1H3/t15-/m1/s1. The molecule has 2 aromatic rings. The first kappa shape index (κ1) is 14.6. The summed E-state index contributed by atoms with van der Waals surface area (Å²) in [6.45, 7) is 2.07. The van der Waals surface area contributed by atoms with Gasteiger partial charge in [-0.05, 0) is 40.5 Å². The minimum atomic E-state index is -0.0184. The zero-order valence-corrected chi connectivity index (χ0v) is 14.6. The molecule has 1 aliphatic rings.